The first-order valence-electron chi connectivity index (χ1n) is 8.67. The third kappa shape index (κ3) is 5.35. The van der Waals surface area contributed by atoms with Crippen LogP contribution in [0, 0.1) is 6.92 Å². The Kier molecular flexibility index (Phi) is 5.91. The highest BCUT2D eigenvalue weighted by Gasteiger charge is 2.07. The van der Waals surface area contributed by atoms with Gasteiger partial charge in [-0.3, -0.25) is 9.59 Å². The van der Waals surface area contributed by atoms with E-state index in [-0.39, 0.29) is 12.5 Å². The van der Waals surface area contributed by atoms with E-state index in [4.69, 9.17) is 15.2 Å². The van der Waals surface area contributed by atoms with Crippen molar-refractivity contribution >= 4 is 17.5 Å². The van der Waals surface area contributed by atoms with Crippen LogP contribution in [0.5, 0.6) is 17.2 Å². The zero-order chi connectivity index (χ0) is 19.9. The van der Waals surface area contributed by atoms with Crippen LogP contribution in [0.1, 0.15) is 15.9 Å². The number of hydrogen-bond acceptors (Lipinski definition) is 4. The summed E-state index contributed by atoms with van der Waals surface area (Å²) in [6, 6.07) is 21.3. The zero-order valence-corrected chi connectivity index (χ0v) is 15.3. The van der Waals surface area contributed by atoms with Gasteiger partial charge in [0.05, 0.1) is 0 Å². The lowest BCUT2D eigenvalue weighted by Crippen LogP contribution is -2.20. The molecule has 0 aliphatic carbocycles. The summed E-state index contributed by atoms with van der Waals surface area (Å²) in [6.45, 7) is 1.81. The Bertz CT molecular complexity index is 949. The Balaban J connectivity index is 1.58. The monoisotopic (exact) mass is 376 g/mol. The van der Waals surface area contributed by atoms with Crippen LogP contribution in [0.4, 0.5) is 5.69 Å². The molecule has 0 aliphatic heterocycles. The molecule has 3 aromatic rings. The molecule has 3 aromatic carbocycles. The summed E-state index contributed by atoms with van der Waals surface area (Å²) in [5.74, 6) is 1.08. The van der Waals surface area contributed by atoms with Crippen LogP contribution < -0.4 is 20.5 Å². The Morgan fingerprint density at radius 1 is 0.821 bits per heavy atom. The van der Waals surface area contributed by atoms with Gasteiger partial charge in [-0.2, -0.15) is 0 Å². The van der Waals surface area contributed by atoms with E-state index in [1.807, 2.05) is 31.2 Å². The molecule has 28 heavy (non-hydrogen) atoms. The van der Waals surface area contributed by atoms with Crippen molar-refractivity contribution in [1.29, 1.82) is 0 Å². The second-order valence-electron chi connectivity index (χ2n) is 6.17. The van der Waals surface area contributed by atoms with E-state index in [0.717, 1.165) is 11.3 Å². The second kappa shape index (κ2) is 8.73. The molecule has 6 nitrogen and oxygen atoms in total. The highest BCUT2D eigenvalue weighted by atomic mass is 16.5. The topological polar surface area (TPSA) is 90.7 Å². The summed E-state index contributed by atoms with van der Waals surface area (Å²) >= 11 is 0. The van der Waals surface area contributed by atoms with Crippen LogP contribution in [0.25, 0.3) is 0 Å². The van der Waals surface area contributed by atoms with Gasteiger partial charge in [-0.05, 0) is 67.6 Å². The number of aryl methyl sites for hydroxylation is 1. The third-order valence-electron chi connectivity index (χ3n) is 3.87. The molecule has 0 unspecified atom stereocenters. The molecule has 0 fully saturated rings. The number of anilines is 1. The van der Waals surface area contributed by atoms with Gasteiger partial charge in [0.25, 0.3) is 11.8 Å². The summed E-state index contributed by atoms with van der Waals surface area (Å²) < 4.78 is 10.9. The largest absolute Gasteiger partial charge is 0.484 e. The molecule has 6 heteroatoms. The van der Waals surface area contributed by atoms with Gasteiger partial charge in [0, 0.05) is 11.3 Å². The van der Waals surface area contributed by atoms with Gasteiger partial charge >= 0.3 is 0 Å². The Labute approximate surface area is 162 Å². The lowest BCUT2D eigenvalue weighted by atomic mass is 10.2. The molecule has 3 N–H and O–H groups in total. The van der Waals surface area contributed by atoms with Crippen molar-refractivity contribution in [3.8, 4) is 17.2 Å². The molecule has 142 valence electrons. The predicted octanol–water partition coefficient (Wildman–Crippen LogP) is 3.90. The molecule has 0 saturated carbocycles. The summed E-state index contributed by atoms with van der Waals surface area (Å²) in [5, 5.41) is 2.82. The normalized spacial score (nSPS) is 10.2. The molecule has 0 heterocycles. The van der Waals surface area contributed by atoms with Crippen molar-refractivity contribution in [2.45, 2.75) is 6.92 Å². The van der Waals surface area contributed by atoms with Crippen molar-refractivity contribution < 1.29 is 19.1 Å². The quantitative estimate of drug-likeness (QED) is 0.654. The van der Waals surface area contributed by atoms with Gasteiger partial charge in [-0.15, -0.1) is 0 Å². The van der Waals surface area contributed by atoms with E-state index in [1.165, 1.54) is 0 Å². The van der Waals surface area contributed by atoms with Gasteiger partial charge in [-0.25, -0.2) is 0 Å². The number of primary amides is 1. The Hall–Kier alpha value is -3.80. The summed E-state index contributed by atoms with van der Waals surface area (Å²) in [4.78, 5) is 23.1. The fourth-order valence-corrected chi connectivity index (χ4v) is 2.41. The molecule has 3 rings (SSSR count). The van der Waals surface area contributed by atoms with Crippen molar-refractivity contribution in [2.24, 2.45) is 5.73 Å². The highest BCUT2D eigenvalue weighted by Crippen LogP contribution is 2.23. The molecule has 0 bridgehead atoms. The Morgan fingerprint density at radius 3 is 1.93 bits per heavy atom. The number of hydrogen-bond donors (Lipinski definition) is 2. The molecular weight excluding hydrogens is 356 g/mol. The molecule has 0 aliphatic rings. The molecule has 0 radical (unpaired) electrons. The predicted molar refractivity (Wildman–Crippen MR) is 107 cm³/mol. The fourth-order valence-electron chi connectivity index (χ4n) is 2.41. The summed E-state index contributed by atoms with van der Waals surface area (Å²) in [7, 11) is 0. The number of carbonyl (C=O) groups is 2. The van der Waals surface area contributed by atoms with Crippen molar-refractivity contribution in [3.63, 3.8) is 0 Å². The lowest BCUT2D eigenvalue weighted by Gasteiger charge is -2.09. The summed E-state index contributed by atoms with van der Waals surface area (Å²) in [6.07, 6.45) is 0. The zero-order valence-electron chi connectivity index (χ0n) is 15.3. The number of rotatable bonds is 7. The molecule has 0 atom stereocenters. The van der Waals surface area contributed by atoms with Crippen molar-refractivity contribution in [1.82, 2.24) is 0 Å². The minimum atomic E-state index is -0.559. The van der Waals surface area contributed by atoms with Crippen molar-refractivity contribution in [2.75, 3.05) is 11.9 Å². The van der Waals surface area contributed by atoms with Gasteiger partial charge in [0.2, 0.25) is 0 Å². The number of benzene rings is 3. The smallest absolute Gasteiger partial charge is 0.255 e. The van der Waals surface area contributed by atoms with E-state index in [0.29, 0.717) is 22.7 Å². The van der Waals surface area contributed by atoms with Crippen LogP contribution in [0.2, 0.25) is 0 Å². The molecule has 2 amide bonds. The molecular formula is C22H20N2O4. The standard InChI is InChI=1S/C22H20N2O4/c1-15-2-8-19(9-3-15)28-20-12-6-17(7-13-20)24-22(26)16-4-10-18(11-5-16)27-14-21(23)25/h2-13H,14H2,1H3,(H2,23,25)(H,24,26). The van der Waals surface area contributed by atoms with Crippen LogP contribution in [-0.2, 0) is 4.79 Å². The summed E-state index contributed by atoms with van der Waals surface area (Å²) in [5.41, 5.74) is 7.30. The van der Waals surface area contributed by atoms with E-state index in [2.05, 4.69) is 5.32 Å². The van der Waals surface area contributed by atoms with E-state index >= 15 is 0 Å². The van der Waals surface area contributed by atoms with Crippen LogP contribution in [0.3, 0.4) is 0 Å². The Morgan fingerprint density at radius 2 is 1.36 bits per heavy atom. The van der Waals surface area contributed by atoms with E-state index < -0.39 is 5.91 Å². The number of nitrogens with one attached hydrogen (secondary N) is 1. The minimum Gasteiger partial charge on any atom is -0.484 e. The maximum Gasteiger partial charge on any atom is 0.255 e. The number of ether oxygens (including phenoxy) is 2. The first-order chi connectivity index (χ1) is 13.5. The third-order valence-corrected chi connectivity index (χ3v) is 3.87. The molecule has 0 saturated heterocycles. The maximum atomic E-state index is 12.3. The van der Waals surface area contributed by atoms with Gasteiger partial charge in [0.1, 0.15) is 17.2 Å². The fraction of sp³-hybridized carbons (Fsp3) is 0.0909. The first kappa shape index (κ1) is 19.0. The minimum absolute atomic E-state index is 0.206. The lowest BCUT2D eigenvalue weighted by molar-refractivity contribution is -0.119. The number of amides is 2. The van der Waals surface area contributed by atoms with Gasteiger partial charge < -0.3 is 20.5 Å². The SMILES string of the molecule is Cc1ccc(Oc2ccc(NC(=O)c3ccc(OCC(N)=O)cc3)cc2)cc1. The maximum absolute atomic E-state index is 12.3. The number of nitrogens with two attached hydrogens (primary N) is 1. The molecule has 0 spiro atoms. The highest BCUT2D eigenvalue weighted by molar-refractivity contribution is 6.04. The van der Waals surface area contributed by atoms with E-state index in [1.54, 1.807) is 48.5 Å². The van der Waals surface area contributed by atoms with Crippen LogP contribution >= 0.6 is 0 Å². The van der Waals surface area contributed by atoms with Crippen molar-refractivity contribution in [3.05, 3.63) is 83.9 Å². The molecule has 0 aromatic heterocycles. The average Bonchev–Trinajstić information content (AvgIpc) is 2.70. The van der Waals surface area contributed by atoms with E-state index in [9.17, 15) is 9.59 Å². The van der Waals surface area contributed by atoms with Crippen LogP contribution in [-0.4, -0.2) is 18.4 Å². The second-order valence-corrected chi connectivity index (χ2v) is 6.17. The van der Waals surface area contributed by atoms with Gasteiger partial charge in [-0.1, -0.05) is 17.7 Å². The van der Waals surface area contributed by atoms with Crippen LogP contribution in [0.15, 0.2) is 72.8 Å². The number of carbonyl (C=O) groups excluding carboxylic acids is 2. The average molecular weight is 376 g/mol. The first-order valence-corrected chi connectivity index (χ1v) is 8.67. The van der Waals surface area contributed by atoms with Gasteiger partial charge in [0.15, 0.2) is 6.61 Å².